The van der Waals surface area contributed by atoms with Gasteiger partial charge in [-0.05, 0) is 165 Å². The number of aryl methyl sites for hydroxylation is 2. The summed E-state index contributed by atoms with van der Waals surface area (Å²) in [5.74, 6) is 0.479. The fourth-order valence-electron chi connectivity index (χ4n) is 12.2. The first kappa shape index (κ1) is 51.9. The Hall–Kier alpha value is -9.53. The number of anilines is 6. The van der Waals surface area contributed by atoms with E-state index in [1.807, 2.05) is 73.1 Å². The number of benzene rings is 8. The third kappa shape index (κ3) is 8.81. The quantitative estimate of drug-likeness (QED) is 0.136. The van der Waals surface area contributed by atoms with Crippen molar-refractivity contribution in [3.05, 3.63) is 281 Å². The molecule has 13 rings (SSSR count). The van der Waals surface area contributed by atoms with Crippen LogP contribution < -0.4 is 9.80 Å². The average molecular weight is 1070 g/mol. The molecule has 1 aliphatic rings. The minimum atomic E-state index is -1.47. The van der Waals surface area contributed by atoms with Crippen LogP contribution in [0, 0.1) is 25.5 Å². The van der Waals surface area contributed by atoms with Crippen LogP contribution in [0.4, 0.5) is 43.2 Å². The Kier molecular flexibility index (Phi) is 12.6. The molecule has 0 saturated heterocycles. The number of para-hydroxylation sites is 1. The maximum Gasteiger partial charge on any atom is 0.145 e. The fourth-order valence-corrected chi connectivity index (χ4v) is 12.2. The van der Waals surface area contributed by atoms with E-state index < -0.39 is 17.0 Å². The van der Waals surface area contributed by atoms with Gasteiger partial charge in [-0.2, -0.15) is 0 Å². The monoisotopic (exact) mass is 1070 g/mol. The molecule has 0 aliphatic heterocycles. The molecule has 0 N–H and O–H groups in total. The highest BCUT2D eigenvalue weighted by molar-refractivity contribution is 6.19. The summed E-state index contributed by atoms with van der Waals surface area (Å²) < 4.78 is 40.5. The van der Waals surface area contributed by atoms with Gasteiger partial charge in [0.2, 0.25) is 0 Å². The lowest BCUT2D eigenvalue weighted by Gasteiger charge is -2.35. The van der Waals surface area contributed by atoms with E-state index in [1.165, 1.54) is 35.5 Å². The van der Waals surface area contributed by atoms with Gasteiger partial charge < -0.3 is 4.42 Å². The highest BCUT2D eigenvalue weighted by Gasteiger charge is 2.50. The molecule has 402 valence electrons. The number of nitrogens with zero attached hydrogens (tertiary/aromatic N) is 5. The van der Waals surface area contributed by atoms with Crippen LogP contribution in [-0.4, -0.2) is 15.0 Å². The average Bonchev–Trinajstić information content (AvgIpc) is 2.58. The Morgan fingerprint density at radius 1 is 0.463 bits per heavy atom. The summed E-state index contributed by atoms with van der Waals surface area (Å²) in [7, 11) is 0. The first-order valence-electron chi connectivity index (χ1n) is 27.9. The van der Waals surface area contributed by atoms with Gasteiger partial charge in [-0.15, -0.1) is 0 Å². The fraction of sp³-hybridized carbons (Fsp3) is 0.149. The summed E-state index contributed by atoms with van der Waals surface area (Å²) in [5, 5.41) is 1.75. The number of pyridine rings is 3. The van der Waals surface area contributed by atoms with Crippen LogP contribution in [0.1, 0.15) is 86.2 Å². The summed E-state index contributed by atoms with van der Waals surface area (Å²) >= 11 is 0. The van der Waals surface area contributed by atoms with Crippen molar-refractivity contribution in [3.8, 4) is 33.4 Å². The molecular weight excluding hydrogens is 1010 g/mol. The first-order valence-corrected chi connectivity index (χ1v) is 27.9. The maximum absolute atomic E-state index is 16.6. The normalized spacial score (nSPS) is 14.0. The lowest BCUT2D eigenvalue weighted by Crippen LogP contribution is -2.30. The van der Waals surface area contributed by atoms with Gasteiger partial charge in [-0.1, -0.05) is 163 Å². The molecule has 0 spiro atoms. The highest BCUT2D eigenvalue weighted by atomic mass is 19.1. The van der Waals surface area contributed by atoms with Gasteiger partial charge >= 0.3 is 0 Å². The number of fused-ring (bicyclic) bond motifs is 7. The van der Waals surface area contributed by atoms with E-state index in [2.05, 4.69) is 180 Å². The number of rotatable bonds is 10. The Morgan fingerprint density at radius 3 is 1.60 bits per heavy atom. The minimum Gasteiger partial charge on any atom is -0.455 e. The third-order valence-corrected chi connectivity index (χ3v) is 16.2. The molecule has 0 radical (unpaired) electrons. The van der Waals surface area contributed by atoms with E-state index in [4.69, 9.17) is 19.4 Å². The molecule has 1 atom stereocenters. The zero-order valence-corrected chi connectivity index (χ0v) is 47.3. The maximum atomic E-state index is 16.6. The smallest absolute Gasteiger partial charge is 0.145 e. The van der Waals surface area contributed by atoms with Crippen LogP contribution in [0.15, 0.2) is 229 Å². The summed E-state index contributed by atoms with van der Waals surface area (Å²) in [6.07, 6.45) is 5.32. The SMILES string of the molecule is Cc1cnc(N(c2ccc(C(C)(C)C)cc2)c2ccc3c(c2)C(c2cccc(F)c2)(c2cc(F)ccn2)c2cc(N(c4ccc(C(C)(C)C)cc4)c4ncc(C)cc4-c4ccccc4)c4c(oc5ccccc54)c2-3)c(-c2ccccc2)c1. The largest absolute Gasteiger partial charge is 0.455 e. The van der Waals surface area contributed by atoms with E-state index in [9.17, 15) is 0 Å². The van der Waals surface area contributed by atoms with E-state index >= 15 is 8.78 Å². The Labute approximate surface area is 478 Å². The van der Waals surface area contributed by atoms with Crippen LogP contribution >= 0.6 is 0 Å². The van der Waals surface area contributed by atoms with Crippen molar-refractivity contribution in [2.24, 2.45) is 0 Å². The predicted molar refractivity (Wildman–Crippen MR) is 331 cm³/mol. The van der Waals surface area contributed by atoms with E-state index in [0.29, 0.717) is 34.1 Å². The van der Waals surface area contributed by atoms with Crippen LogP contribution in [0.2, 0.25) is 0 Å². The standard InChI is InChI=1S/C74H61F2N5O/c1-46-38-60(48-18-11-9-12-19-48)70(78-44-46)80(55-30-26-50(27-31-55)72(3,4)5)57-34-35-58-62(42-57)74(52-22-17-23-53(75)40-52,66-41-54(76)36-37-77-66)63-43-64(68-59-24-15-16-25-65(59)82-69(68)67(58)63)81(56-32-28-51(29-33-56)73(6,7)8)71-61(39-47(2)45-79-71)49-20-13-10-14-21-49/h9-45H,1-8H3. The molecule has 0 amide bonds. The van der Waals surface area contributed by atoms with Crippen molar-refractivity contribution >= 4 is 56.3 Å². The van der Waals surface area contributed by atoms with Crippen LogP contribution in [0.3, 0.4) is 0 Å². The van der Waals surface area contributed by atoms with Gasteiger partial charge in [0.25, 0.3) is 0 Å². The molecule has 4 aromatic heterocycles. The van der Waals surface area contributed by atoms with E-state index in [1.54, 1.807) is 12.1 Å². The summed E-state index contributed by atoms with van der Waals surface area (Å²) in [5.41, 5.74) is 15.2. The number of hydrogen-bond acceptors (Lipinski definition) is 6. The Balaban J connectivity index is 1.18. The van der Waals surface area contributed by atoms with Crippen LogP contribution in [0.25, 0.3) is 55.3 Å². The van der Waals surface area contributed by atoms with E-state index in [-0.39, 0.29) is 10.8 Å². The third-order valence-electron chi connectivity index (χ3n) is 16.2. The van der Waals surface area contributed by atoms with Gasteiger partial charge in [0.15, 0.2) is 0 Å². The number of furan rings is 1. The summed E-state index contributed by atoms with van der Waals surface area (Å²) in [6, 6.07) is 68.7. The van der Waals surface area contributed by atoms with Crippen LogP contribution in [-0.2, 0) is 16.2 Å². The first-order chi connectivity index (χ1) is 39.6. The number of halogens is 2. The molecule has 4 heterocycles. The van der Waals surface area contributed by atoms with Crippen molar-refractivity contribution in [2.45, 2.75) is 71.6 Å². The molecular formula is C74H61F2N5O. The van der Waals surface area contributed by atoms with Crippen molar-refractivity contribution < 1.29 is 13.2 Å². The van der Waals surface area contributed by atoms with Crippen molar-refractivity contribution in [3.63, 3.8) is 0 Å². The number of hydrogen-bond donors (Lipinski definition) is 0. The van der Waals surface area contributed by atoms with Gasteiger partial charge in [0.1, 0.15) is 34.4 Å². The molecule has 8 heteroatoms. The molecule has 82 heavy (non-hydrogen) atoms. The van der Waals surface area contributed by atoms with Crippen molar-refractivity contribution in [1.29, 1.82) is 0 Å². The second-order valence-corrected chi connectivity index (χ2v) is 23.7. The second kappa shape index (κ2) is 19.9. The Bertz CT molecular complexity index is 4360. The molecule has 8 aromatic carbocycles. The van der Waals surface area contributed by atoms with Gasteiger partial charge in [-0.3, -0.25) is 14.8 Å². The Morgan fingerprint density at radius 2 is 1.01 bits per heavy atom. The predicted octanol–water partition coefficient (Wildman–Crippen LogP) is 19.9. The highest BCUT2D eigenvalue weighted by Crippen LogP contribution is 2.62. The molecule has 0 saturated carbocycles. The second-order valence-electron chi connectivity index (χ2n) is 23.7. The lowest BCUT2D eigenvalue weighted by atomic mass is 9.69. The molecule has 12 aromatic rings. The van der Waals surface area contributed by atoms with Gasteiger partial charge in [0, 0.05) is 57.7 Å². The van der Waals surface area contributed by atoms with Crippen molar-refractivity contribution in [1.82, 2.24) is 15.0 Å². The zero-order chi connectivity index (χ0) is 56.7. The van der Waals surface area contributed by atoms with Gasteiger partial charge in [0.05, 0.1) is 22.2 Å². The molecule has 0 bridgehead atoms. The molecule has 0 fully saturated rings. The van der Waals surface area contributed by atoms with Crippen molar-refractivity contribution in [2.75, 3.05) is 9.80 Å². The van der Waals surface area contributed by atoms with Crippen LogP contribution in [0.5, 0.6) is 0 Å². The van der Waals surface area contributed by atoms with E-state index in [0.717, 1.165) is 89.2 Å². The molecule has 6 nitrogen and oxygen atoms in total. The lowest BCUT2D eigenvalue weighted by molar-refractivity contribution is 0.590. The molecule has 1 unspecified atom stereocenters. The molecule has 1 aliphatic carbocycles. The topological polar surface area (TPSA) is 58.3 Å². The summed E-state index contributed by atoms with van der Waals surface area (Å²) in [6.45, 7) is 17.4. The zero-order valence-electron chi connectivity index (χ0n) is 47.3. The summed E-state index contributed by atoms with van der Waals surface area (Å²) in [4.78, 5) is 20.2. The van der Waals surface area contributed by atoms with Gasteiger partial charge in [-0.25, -0.2) is 18.7 Å². The minimum absolute atomic E-state index is 0.104. The number of aromatic nitrogens is 3.